The molecule has 0 aliphatic carbocycles. The van der Waals surface area contributed by atoms with Gasteiger partial charge < -0.3 is 9.47 Å². The third-order valence-corrected chi connectivity index (χ3v) is 4.65. The van der Waals surface area contributed by atoms with E-state index in [1.54, 1.807) is 18.2 Å². The molecular weight excluding hydrogens is 412 g/mol. The number of benzene rings is 2. The zero-order chi connectivity index (χ0) is 19.8. The van der Waals surface area contributed by atoms with Crippen LogP contribution in [0.2, 0.25) is 0 Å². The number of amides is 2. The van der Waals surface area contributed by atoms with Gasteiger partial charge in [-0.3, -0.25) is 20.4 Å². The van der Waals surface area contributed by atoms with Crippen LogP contribution in [0, 0.1) is 0 Å². The van der Waals surface area contributed by atoms with Crippen LogP contribution in [0.3, 0.4) is 0 Å². The fourth-order valence-electron chi connectivity index (χ4n) is 2.36. The SMILES string of the molecule is CCC(C)c1ccc(OCC(=O)NNC(=O)c2cc(Br)ccc2OC)cc1. The first-order chi connectivity index (χ1) is 12.9. The lowest BCUT2D eigenvalue weighted by atomic mass is 9.99. The average Bonchev–Trinajstić information content (AvgIpc) is 2.70. The van der Waals surface area contributed by atoms with Crippen molar-refractivity contribution >= 4 is 27.7 Å². The van der Waals surface area contributed by atoms with Crippen LogP contribution in [-0.2, 0) is 4.79 Å². The van der Waals surface area contributed by atoms with E-state index in [1.165, 1.54) is 12.7 Å². The summed E-state index contributed by atoms with van der Waals surface area (Å²) >= 11 is 3.30. The smallest absolute Gasteiger partial charge is 0.276 e. The number of hydrogen-bond donors (Lipinski definition) is 2. The second-order valence-corrected chi connectivity index (χ2v) is 6.93. The molecule has 0 heterocycles. The molecule has 27 heavy (non-hydrogen) atoms. The number of rotatable bonds is 7. The predicted molar refractivity (Wildman–Crippen MR) is 107 cm³/mol. The predicted octanol–water partition coefficient (Wildman–Crippen LogP) is 3.81. The van der Waals surface area contributed by atoms with Crippen LogP contribution in [0.1, 0.15) is 42.1 Å². The van der Waals surface area contributed by atoms with Gasteiger partial charge in [0.15, 0.2) is 6.61 Å². The summed E-state index contributed by atoms with van der Waals surface area (Å²) in [7, 11) is 1.47. The van der Waals surface area contributed by atoms with Crippen molar-refractivity contribution in [2.45, 2.75) is 26.2 Å². The highest BCUT2D eigenvalue weighted by molar-refractivity contribution is 9.10. The molecule has 7 heteroatoms. The van der Waals surface area contributed by atoms with E-state index in [0.717, 1.165) is 10.9 Å². The van der Waals surface area contributed by atoms with Crippen molar-refractivity contribution in [2.24, 2.45) is 0 Å². The number of nitrogens with one attached hydrogen (secondary N) is 2. The van der Waals surface area contributed by atoms with Gasteiger partial charge >= 0.3 is 0 Å². The molecule has 2 N–H and O–H groups in total. The van der Waals surface area contributed by atoms with Crippen molar-refractivity contribution in [1.29, 1.82) is 0 Å². The topological polar surface area (TPSA) is 76.7 Å². The quantitative estimate of drug-likeness (QED) is 0.649. The molecule has 0 radical (unpaired) electrons. The highest BCUT2D eigenvalue weighted by Crippen LogP contribution is 2.23. The molecule has 0 aromatic heterocycles. The van der Waals surface area contributed by atoms with Gasteiger partial charge in [0.2, 0.25) is 0 Å². The summed E-state index contributed by atoms with van der Waals surface area (Å²) in [5, 5.41) is 0. The second-order valence-electron chi connectivity index (χ2n) is 6.01. The first-order valence-corrected chi connectivity index (χ1v) is 9.39. The first kappa shape index (κ1) is 20.8. The zero-order valence-electron chi connectivity index (χ0n) is 15.5. The Balaban J connectivity index is 1.84. The third kappa shape index (κ3) is 5.99. The minimum Gasteiger partial charge on any atom is -0.496 e. The lowest BCUT2D eigenvalue weighted by Crippen LogP contribution is -2.43. The Labute approximate surface area is 167 Å². The molecule has 1 atom stereocenters. The van der Waals surface area contributed by atoms with Crippen molar-refractivity contribution < 1.29 is 19.1 Å². The van der Waals surface area contributed by atoms with E-state index in [0.29, 0.717) is 23.0 Å². The number of ether oxygens (including phenoxy) is 2. The third-order valence-electron chi connectivity index (χ3n) is 4.15. The van der Waals surface area contributed by atoms with E-state index in [-0.39, 0.29) is 6.61 Å². The minimum atomic E-state index is -0.487. The summed E-state index contributed by atoms with van der Waals surface area (Å²) in [6, 6.07) is 12.7. The van der Waals surface area contributed by atoms with E-state index in [4.69, 9.17) is 9.47 Å². The van der Waals surface area contributed by atoms with Crippen LogP contribution in [0.25, 0.3) is 0 Å². The fraction of sp³-hybridized carbons (Fsp3) is 0.300. The number of hydrazine groups is 1. The number of hydrogen-bond acceptors (Lipinski definition) is 4. The molecule has 2 amide bonds. The molecule has 0 aliphatic heterocycles. The van der Waals surface area contributed by atoms with E-state index >= 15 is 0 Å². The lowest BCUT2D eigenvalue weighted by Gasteiger charge is -2.12. The number of carbonyl (C=O) groups is 2. The monoisotopic (exact) mass is 434 g/mol. The van der Waals surface area contributed by atoms with Gasteiger partial charge in [-0.2, -0.15) is 0 Å². The summed E-state index contributed by atoms with van der Waals surface area (Å²) in [6.45, 7) is 4.09. The Hall–Kier alpha value is -2.54. The minimum absolute atomic E-state index is 0.210. The second kappa shape index (κ2) is 9.97. The van der Waals surface area contributed by atoms with Gasteiger partial charge in [0.05, 0.1) is 12.7 Å². The maximum atomic E-state index is 12.2. The van der Waals surface area contributed by atoms with Crippen molar-refractivity contribution in [3.63, 3.8) is 0 Å². The molecule has 144 valence electrons. The van der Waals surface area contributed by atoms with E-state index < -0.39 is 11.8 Å². The number of carbonyl (C=O) groups excluding carboxylic acids is 2. The molecular formula is C20H23BrN2O4. The van der Waals surface area contributed by atoms with Crippen LogP contribution < -0.4 is 20.3 Å². The summed E-state index contributed by atoms with van der Waals surface area (Å²) in [5.74, 6) is 0.523. The van der Waals surface area contributed by atoms with Gasteiger partial charge in [0, 0.05) is 4.47 Å². The number of halogens is 1. The molecule has 2 aromatic rings. The van der Waals surface area contributed by atoms with E-state index in [2.05, 4.69) is 40.6 Å². The largest absolute Gasteiger partial charge is 0.496 e. The van der Waals surface area contributed by atoms with Gasteiger partial charge in [0.25, 0.3) is 11.8 Å². The summed E-state index contributed by atoms with van der Waals surface area (Å²) in [5.41, 5.74) is 6.20. The molecule has 0 spiro atoms. The highest BCUT2D eigenvalue weighted by Gasteiger charge is 2.14. The van der Waals surface area contributed by atoms with Gasteiger partial charge in [-0.25, -0.2) is 0 Å². The molecule has 0 aliphatic rings. The molecule has 2 rings (SSSR count). The molecule has 0 fully saturated rings. The normalized spacial score (nSPS) is 11.4. The summed E-state index contributed by atoms with van der Waals surface area (Å²) in [6.07, 6.45) is 1.06. The zero-order valence-corrected chi connectivity index (χ0v) is 17.1. The molecule has 0 bridgehead atoms. The maximum absolute atomic E-state index is 12.2. The Morgan fingerprint density at radius 2 is 1.81 bits per heavy atom. The molecule has 2 aromatic carbocycles. The van der Waals surface area contributed by atoms with Gasteiger partial charge in [-0.05, 0) is 48.2 Å². The summed E-state index contributed by atoms with van der Waals surface area (Å²) in [4.78, 5) is 24.1. The van der Waals surface area contributed by atoms with E-state index in [1.807, 2.05) is 24.3 Å². The Bertz CT molecular complexity index is 793. The van der Waals surface area contributed by atoms with Gasteiger partial charge in [0.1, 0.15) is 11.5 Å². The molecule has 6 nitrogen and oxygen atoms in total. The highest BCUT2D eigenvalue weighted by atomic mass is 79.9. The lowest BCUT2D eigenvalue weighted by molar-refractivity contribution is -0.123. The van der Waals surface area contributed by atoms with Crippen LogP contribution >= 0.6 is 15.9 Å². The number of methoxy groups -OCH3 is 1. The van der Waals surface area contributed by atoms with Crippen LogP contribution in [0.15, 0.2) is 46.9 Å². The Kier molecular flexibility index (Phi) is 7.67. The van der Waals surface area contributed by atoms with Crippen LogP contribution in [0.4, 0.5) is 0 Å². The van der Waals surface area contributed by atoms with Gasteiger partial charge in [-0.15, -0.1) is 0 Å². The van der Waals surface area contributed by atoms with E-state index in [9.17, 15) is 9.59 Å². The summed E-state index contributed by atoms with van der Waals surface area (Å²) < 4.78 is 11.3. The van der Waals surface area contributed by atoms with Crippen LogP contribution in [-0.4, -0.2) is 25.5 Å². The van der Waals surface area contributed by atoms with Crippen molar-refractivity contribution in [3.05, 3.63) is 58.1 Å². The Morgan fingerprint density at radius 3 is 2.44 bits per heavy atom. The first-order valence-electron chi connectivity index (χ1n) is 8.60. The van der Waals surface area contributed by atoms with Crippen molar-refractivity contribution in [2.75, 3.05) is 13.7 Å². The van der Waals surface area contributed by atoms with Crippen LogP contribution in [0.5, 0.6) is 11.5 Å². The maximum Gasteiger partial charge on any atom is 0.276 e. The molecule has 1 unspecified atom stereocenters. The van der Waals surface area contributed by atoms with Gasteiger partial charge in [-0.1, -0.05) is 41.9 Å². The molecule has 0 saturated heterocycles. The standard InChI is InChI=1S/C20H23BrN2O4/c1-4-13(2)14-5-8-16(9-6-14)27-12-19(24)22-23-20(25)17-11-15(21)7-10-18(17)26-3/h5-11,13H,4,12H2,1-3H3,(H,22,24)(H,23,25). The van der Waals surface area contributed by atoms with Crippen molar-refractivity contribution in [1.82, 2.24) is 10.9 Å². The Morgan fingerprint density at radius 1 is 1.11 bits per heavy atom. The fourth-order valence-corrected chi connectivity index (χ4v) is 2.73. The average molecular weight is 435 g/mol. The molecule has 0 saturated carbocycles. The van der Waals surface area contributed by atoms with Crippen molar-refractivity contribution in [3.8, 4) is 11.5 Å².